The highest BCUT2D eigenvalue weighted by atomic mass is 16.5. The molecule has 1 aliphatic rings. The van der Waals surface area contributed by atoms with Crippen LogP contribution in [0.5, 0.6) is 0 Å². The molecule has 20 heavy (non-hydrogen) atoms. The molecule has 0 radical (unpaired) electrons. The van der Waals surface area contributed by atoms with Crippen LogP contribution >= 0.6 is 0 Å². The first-order chi connectivity index (χ1) is 9.85. The first kappa shape index (κ1) is 13.3. The van der Waals surface area contributed by atoms with Crippen LogP contribution in [-0.4, -0.2) is 16.2 Å². The van der Waals surface area contributed by atoms with Crippen molar-refractivity contribution in [2.75, 3.05) is 0 Å². The van der Waals surface area contributed by atoms with Gasteiger partial charge in [-0.25, -0.2) is 0 Å². The fraction of sp³-hybridized carbons (Fsp3) is 0.500. The molecule has 4 nitrogen and oxygen atoms in total. The van der Waals surface area contributed by atoms with Crippen molar-refractivity contribution < 1.29 is 4.52 Å². The van der Waals surface area contributed by atoms with E-state index < -0.39 is 0 Å². The van der Waals surface area contributed by atoms with Gasteiger partial charge in [-0.1, -0.05) is 48.8 Å². The zero-order valence-electron chi connectivity index (χ0n) is 11.9. The van der Waals surface area contributed by atoms with E-state index >= 15 is 0 Å². The molecule has 0 aliphatic heterocycles. The van der Waals surface area contributed by atoms with Gasteiger partial charge in [-0.05, 0) is 24.3 Å². The van der Waals surface area contributed by atoms with Crippen LogP contribution in [-0.2, 0) is 13.0 Å². The fourth-order valence-corrected chi connectivity index (χ4v) is 2.62. The summed E-state index contributed by atoms with van der Waals surface area (Å²) in [5, 5.41) is 7.53. The summed E-state index contributed by atoms with van der Waals surface area (Å²) in [6.07, 6.45) is 4.61. The molecule has 1 aromatic carbocycles. The van der Waals surface area contributed by atoms with E-state index in [4.69, 9.17) is 4.52 Å². The van der Waals surface area contributed by atoms with E-state index in [1.165, 1.54) is 24.8 Å². The standard InChI is InChI=1S/C16H21N3O/c1-2-6-13-10-14(13)17-11-16-18-15(19-20-16)9-12-7-4-3-5-8-12/h3-5,7-8,13-14,17H,2,6,9-11H2,1H3. The van der Waals surface area contributed by atoms with Gasteiger partial charge in [-0.2, -0.15) is 4.98 Å². The maximum Gasteiger partial charge on any atom is 0.240 e. The van der Waals surface area contributed by atoms with Gasteiger partial charge in [0.2, 0.25) is 5.89 Å². The minimum atomic E-state index is 0.652. The molecule has 1 aromatic heterocycles. The molecule has 106 valence electrons. The molecule has 0 spiro atoms. The second-order valence-electron chi connectivity index (χ2n) is 5.54. The number of hydrogen-bond acceptors (Lipinski definition) is 4. The molecule has 1 fully saturated rings. The number of benzene rings is 1. The summed E-state index contributed by atoms with van der Waals surface area (Å²) in [5.74, 6) is 2.30. The van der Waals surface area contributed by atoms with Crippen molar-refractivity contribution in [3.05, 3.63) is 47.6 Å². The predicted molar refractivity (Wildman–Crippen MR) is 77.2 cm³/mol. The quantitative estimate of drug-likeness (QED) is 0.841. The van der Waals surface area contributed by atoms with E-state index in [0.29, 0.717) is 18.5 Å². The zero-order chi connectivity index (χ0) is 13.8. The first-order valence-corrected chi connectivity index (χ1v) is 7.44. The largest absolute Gasteiger partial charge is 0.338 e. The SMILES string of the molecule is CCCC1CC1NCc1nc(Cc2ccccc2)no1. The van der Waals surface area contributed by atoms with Crippen LogP contribution in [0.4, 0.5) is 0 Å². The molecular formula is C16H21N3O. The van der Waals surface area contributed by atoms with Crippen molar-refractivity contribution in [1.29, 1.82) is 0 Å². The molecule has 2 unspecified atom stereocenters. The minimum absolute atomic E-state index is 0.652. The molecule has 1 aliphatic carbocycles. The Bertz CT molecular complexity index is 538. The number of nitrogens with one attached hydrogen (secondary N) is 1. The van der Waals surface area contributed by atoms with E-state index in [0.717, 1.165) is 18.2 Å². The van der Waals surface area contributed by atoms with Crippen molar-refractivity contribution in [2.24, 2.45) is 5.92 Å². The molecule has 2 atom stereocenters. The summed E-state index contributed by atoms with van der Waals surface area (Å²) in [6, 6.07) is 10.9. The zero-order valence-corrected chi connectivity index (χ0v) is 11.9. The van der Waals surface area contributed by atoms with E-state index in [1.54, 1.807) is 0 Å². The Morgan fingerprint density at radius 1 is 1.30 bits per heavy atom. The highest BCUT2D eigenvalue weighted by molar-refractivity contribution is 5.18. The van der Waals surface area contributed by atoms with Gasteiger partial charge in [0.1, 0.15) is 0 Å². The Kier molecular flexibility index (Phi) is 4.11. The summed E-state index contributed by atoms with van der Waals surface area (Å²) in [6.45, 7) is 2.93. The van der Waals surface area contributed by atoms with Crippen LogP contribution in [0.25, 0.3) is 0 Å². The topological polar surface area (TPSA) is 51.0 Å². The Labute approximate surface area is 119 Å². The molecule has 0 saturated heterocycles. The van der Waals surface area contributed by atoms with Crippen molar-refractivity contribution in [3.63, 3.8) is 0 Å². The fourth-order valence-electron chi connectivity index (χ4n) is 2.62. The lowest BCUT2D eigenvalue weighted by Crippen LogP contribution is -2.17. The van der Waals surface area contributed by atoms with E-state index in [1.807, 2.05) is 18.2 Å². The predicted octanol–water partition coefficient (Wildman–Crippen LogP) is 2.94. The molecule has 1 saturated carbocycles. The van der Waals surface area contributed by atoms with Gasteiger partial charge in [0.05, 0.1) is 6.54 Å². The normalized spacial score (nSPS) is 21.1. The van der Waals surface area contributed by atoms with Gasteiger partial charge in [-0.15, -0.1) is 0 Å². The number of nitrogens with zero attached hydrogens (tertiary/aromatic N) is 2. The smallest absolute Gasteiger partial charge is 0.240 e. The van der Waals surface area contributed by atoms with E-state index in [-0.39, 0.29) is 0 Å². The monoisotopic (exact) mass is 271 g/mol. The van der Waals surface area contributed by atoms with Crippen LogP contribution in [0.3, 0.4) is 0 Å². The van der Waals surface area contributed by atoms with E-state index in [9.17, 15) is 0 Å². The molecule has 0 amide bonds. The molecule has 3 rings (SSSR count). The van der Waals surface area contributed by atoms with Gasteiger partial charge in [-0.3, -0.25) is 0 Å². The molecule has 2 aromatic rings. The van der Waals surface area contributed by atoms with Crippen LogP contribution in [0, 0.1) is 5.92 Å². The van der Waals surface area contributed by atoms with Gasteiger partial charge in [0.25, 0.3) is 0 Å². The Balaban J connectivity index is 1.48. The van der Waals surface area contributed by atoms with Gasteiger partial charge < -0.3 is 9.84 Å². The number of hydrogen-bond donors (Lipinski definition) is 1. The van der Waals surface area contributed by atoms with E-state index in [2.05, 4.69) is 34.5 Å². The van der Waals surface area contributed by atoms with Crippen LogP contribution in [0.1, 0.15) is 43.5 Å². The summed E-state index contributed by atoms with van der Waals surface area (Å²) in [5.41, 5.74) is 1.21. The van der Waals surface area contributed by atoms with Crippen LogP contribution < -0.4 is 5.32 Å². The maximum absolute atomic E-state index is 5.29. The van der Waals surface area contributed by atoms with Gasteiger partial charge in [0.15, 0.2) is 5.82 Å². The van der Waals surface area contributed by atoms with Crippen LogP contribution in [0.2, 0.25) is 0 Å². The first-order valence-electron chi connectivity index (χ1n) is 7.44. The summed E-state index contributed by atoms with van der Waals surface area (Å²) >= 11 is 0. The average molecular weight is 271 g/mol. The highest BCUT2D eigenvalue weighted by Gasteiger charge is 2.35. The lowest BCUT2D eigenvalue weighted by molar-refractivity contribution is 0.361. The Morgan fingerprint density at radius 2 is 2.15 bits per heavy atom. The minimum Gasteiger partial charge on any atom is -0.338 e. The third-order valence-electron chi connectivity index (χ3n) is 3.81. The summed E-state index contributed by atoms with van der Waals surface area (Å²) < 4.78 is 5.29. The number of aromatic nitrogens is 2. The van der Waals surface area contributed by atoms with Gasteiger partial charge >= 0.3 is 0 Å². The van der Waals surface area contributed by atoms with Gasteiger partial charge in [0, 0.05) is 12.5 Å². The average Bonchev–Trinajstić information content (AvgIpc) is 3.06. The molecule has 1 heterocycles. The third kappa shape index (κ3) is 3.45. The molecule has 4 heteroatoms. The molecule has 0 bridgehead atoms. The number of rotatable bonds is 7. The lowest BCUT2D eigenvalue weighted by Gasteiger charge is -1.99. The second kappa shape index (κ2) is 6.18. The Hall–Kier alpha value is -1.68. The molecule has 1 N–H and O–H groups in total. The molecular weight excluding hydrogens is 250 g/mol. The maximum atomic E-state index is 5.29. The lowest BCUT2D eigenvalue weighted by atomic mass is 10.1. The van der Waals surface area contributed by atoms with Crippen molar-refractivity contribution in [2.45, 2.75) is 45.2 Å². The summed E-state index contributed by atoms with van der Waals surface area (Å²) in [4.78, 5) is 4.44. The third-order valence-corrected chi connectivity index (χ3v) is 3.81. The highest BCUT2D eigenvalue weighted by Crippen LogP contribution is 2.34. The van der Waals surface area contributed by atoms with Crippen molar-refractivity contribution in [3.8, 4) is 0 Å². The van der Waals surface area contributed by atoms with Crippen molar-refractivity contribution in [1.82, 2.24) is 15.5 Å². The second-order valence-corrected chi connectivity index (χ2v) is 5.54. The van der Waals surface area contributed by atoms with Crippen LogP contribution in [0.15, 0.2) is 34.9 Å². The van der Waals surface area contributed by atoms with Crippen molar-refractivity contribution >= 4 is 0 Å². The summed E-state index contributed by atoms with van der Waals surface area (Å²) in [7, 11) is 0. The Morgan fingerprint density at radius 3 is 2.95 bits per heavy atom.